The third-order valence-corrected chi connectivity index (χ3v) is 4.46. The molecular formula is C14H21N3O12. The molecule has 0 bridgehead atoms. The number of methoxy groups -OCH3 is 2. The lowest BCUT2D eigenvalue weighted by atomic mass is 9.96. The number of carbonyl (C=O) groups excluding carboxylic acids is 2. The Hall–Kier alpha value is -2.07. The fourth-order valence-electron chi connectivity index (χ4n) is 2.88. The van der Waals surface area contributed by atoms with Gasteiger partial charge in [0.05, 0.1) is 14.2 Å². The molecule has 0 spiro atoms. The average Bonchev–Trinajstić information content (AvgIpc) is 2.72. The van der Waals surface area contributed by atoms with Crippen molar-refractivity contribution in [1.82, 2.24) is 0 Å². The van der Waals surface area contributed by atoms with E-state index >= 15 is 0 Å². The molecule has 0 unspecified atom stereocenters. The summed E-state index contributed by atoms with van der Waals surface area (Å²) < 4.78 is 24.5. The van der Waals surface area contributed by atoms with Crippen LogP contribution >= 0.6 is 0 Å². The van der Waals surface area contributed by atoms with Crippen molar-refractivity contribution >= 4 is 11.9 Å². The average molecular weight is 423 g/mol. The van der Waals surface area contributed by atoms with E-state index in [2.05, 4.69) is 19.5 Å². The van der Waals surface area contributed by atoms with Crippen LogP contribution in [0, 0.1) is 0 Å². The third kappa shape index (κ3) is 4.58. The van der Waals surface area contributed by atoms with E-state index in [4.69, 9.17) is 19.7 Å². The summed E-state index contributed by atoms with van der Waals surface area (Å²) in [4.78, 5) is 26.2. The van der Waals surface area contributed by atoms with Crippen molar-refractivity contribution in [2.24, 2.45) is 5.11 Å². The molecule has 2 fully saturated rings. The smallest absolute Gasteiger partial charge is 0.337 e. The molecule has 0 amide bonds. The van der Waals surface area contributed by atoms with Crippen LogP contribution in [0.5, 0.6) is 0 Å². The van der Waals surface area contributed by atoms with Gasteiger partial charge in [-0.3, -0.25) is 0 Å². The lowest BCUT2D eigenvalue weighted by molar-refractivity contribution is -0.333. The molecular weight excluding hydrogens is 402 g/mol. The molecule has 15 heteroatoms. The van der Waals surface area contributed by atoms with Gasteiger partial charge in [0.25, 0.3) is 0 Å². The van der Waals surface area contributed by atoms with E-state index in [9.17, 15) is 35.1 Å². The Labute approximate surface area is 162 Å². The topological polar surface area (TPSA) is 230 Å². The molecule has 0 aromatic carbocycles. The van der Waals surface area contributed by atoms with Crippen molar-refractivity contribution in [1.29, 1.82) is 0 Å². The predicted octanol–water partition coefficient (Wildman–Crippen LogP) is -3.72. The Bertz CT molecular complexity index is 658. The van der Waals surface area contributed by atoms with Gasteiger partial charge in [0.2, 0.25) is 0 Å². The molecule has 2 heterocycles. The van der Waals surface area contributed by atoms with Crippen molar-refractivity contribution in [2.75, 3.05) is 14.2 Å². The molecule has 0 aliphatic carbocycles. The van der Waals surface area contributed by atoms with Crippen LogP contribution in [-0.4, -0.2) is 113 Å². The molecule has 15 nitrogen and oxygen atoms in total. The highest BCUT2D eigenvalue weighted by molar-refractivity contribution is 5.76. The summed E-state index contributed by atoms with van der Waals surface area (Å²) in [5.41, 5.74) is 8.51. The largest absolute Gasteiger partial charge is 0.467 e. The van der Waals surface area contributed by atoms with E-state index in [-0.39, 0.29) is 0 Å². The van der Waals surface area contributed by atoms with E-state index in [1.54, 1.807) is 0 Å². The highest BCUT2D eigenvalue weighted by Crippen LogP contribution is 2.30. The molecule has 2 aliphatic rings. The van der Waals surface area contributed by atoms with E-state index < -0.39 is 73.3 Å². The number of hydrogen-bond acceptors (Lipinski definition) is 13. The van der Waals surface area contributed by atoms with Crippen LogP contribution in [0.1, 0.15) is 0 Å². The van der Waals surface area contributed by atoms with Crippen LogP contribution in [0.3, 0.4) is 0 Å². The van der Waals surface area contributed by atoms with Crippen molar-refractivity contribution < 1.29 is 58.8 Å². The van der Waals surface area contributed by atoms with Gasteiger partial charge in [-0.2, -0.15) is 0 Å². The first kappa shape index (κ1) is 23.2. The minimum Gasteiger partial charge on any atom is -0.467 e. The van der Waals surface area contributed by atoms with Gasteiger partial charge in [-0.15, -0.1) is 0 Å². The number of azide groups is 1. The zero-order valence-electron chi connectivity index (χ0n) is 15.2. The number of carbonyl (C=O) groups is 2. The van der Waals surface area contributed by atoms with E-state index in [0.717, 1.165) is 14.2 Å². The fourth-order valence-corrected chi connectivity index (χ4v) is 2.88. The maximum absolute atomic E-state index is 12.0. The summed E-state index contributed by atoms with van der Waals surface area (Å²) in [6.45, 7) is 0. The van der Waals surface area contributed by atoms with E-state index in [1.165, 1.54) is 0 Å². The maximum Gasteiger partial charge on any atom is 0.337 e. The van der Waals surface area contributed by atoms with Crippen molar-refractivity contribution in [3.05, 3.63) is 10.4 Å². The lowest BCUT2D eigenvalue weighted by Gasteiger charge is -2.44. The van der Waals surface area contributed by atoms with Crippen LogP contribution in [0.25, 0.3) is 10.4 Å². The summed E-state index contributed by atoms with van der Waals surface area (Å²) in [6, 6.07) is 0. The summed E-state index contributed by atoms with van der Waals surface area (Å²) in [6.07, 6.45) is -18.2. The van der Waals surface area contributed by atoms with Gasteiger partial charge >= 0.3 is 11.9 Å². The minimum absolute atomic E-state index is 0.988. The molecule has 0 aromatic rings. The molecule has 2 aliphatic heterocycles. The lowest BCUT2D eigenvalue weighted by Crippen LogP contribution is -2.65. The fraction of sp³-hybridized carbons (Fsp3) is 0.857. The van der Waals surface area contributed by atoms with Gasteiger partial charge in [-0.25, -0.2) is 9.59 Å². The van der Waals surface area contributed by atoms with Crippen molar-refractivity contribution in [2.45, 2.75) is 61.3 Å². The number of ether oxygens (including phenoxy) is 5. The maximum atomic E-state index is 12.0. The van der Waals surface area contributed by atoms with Gasteiger partial charge in [-0.1, -0.05) is 5.11 Å². The van der Waals surface area contributed by atoms with Gasteiger partial charge in [0, 0.05) is 4.91 Å². The van der Waals surface area contributed by atoms with Crippen LogP contribution in [-0.2, 0) is 33.3 Å². The monoisotopic (exact) mass is 423 g/mol. The number of aliphatic hydroxyl groups is 5. The predicted molar refractivity (Wildman–Crippen MR) is 85.4 cm³/mol. The summed E-state index contributed by atoms with van der Waals surface area (Å²) >= 11 is 0. The van der Waals surface area contributed by atoms with Gasteiger partial charge in [-0.05, 0) is 5.53 Å². The molecule has 5 N–H and O–H groups in total. The van der Waals surface area contributed by atoms with Crippen molar-refractivity contribution in [3.8, 4) is 0 Å². The summed E-state index contributed by atoms with van der Waals surface area (Å²) in [5.74, 6) is -2.18. The highest BCUT2D eigenvalue weighted by atomic mass is 16.7. The second-order valence-corrected chi connectivity index (χ2v) is 6.18. The molecule has 2 saturated heterocycles. The molecule has 0 radical (unpaired) electrons. The normalized spacial score (nSPS) is 42.4. The molecule has 2 rings (SSSR count). The quantitative estimate of drug-likeness (QED) is 0.124. The number of rotatable bonds is 5. The Morgan fingerprint density at radius 1 is 0.862 bits per heavy atom. The molecule has 0 aromatic heterocycles. The highest BCUT2D eigenvalue weighted by Gasteiger charge is 2.53. The van der Waals surface area contributed by atoms with Crippen LogP contribution < -0.4 is 0 Å². The zero-order valence-corrected chi connectivity index (χ0v) is 15.2. The first-order chi connectivity index (χ1) is 13.7. The van der Waals surface area contributed by atoms with E-state index in [0.29, 0.717) is 0 Å². The Balaban J connectivity index is 2.28. The molecule has 10 atom stereocenters. The standard InChI is InChI=1S/C14H21N3O12/c1-25-12(23)9-4(19)3(18)7(22)14(29-9)28-8-5(20)6(21)11(16-17-15)27-10(8)13(24)26-2/h3-11,14,18-22H,1-2H3/t3-,4+,5+,6+,7+,8-,9-,10-,11+,14+/m0/s1. The minimum atomic E-state index is -1.93. The number of hydrogen-bond donors (Lipinski definition) is 5. The van der Waals surface area contributed by atoms with Gasteiger partial charge in [0.1, 0.15) is 36.6 Å². The Kier molecular flexibility index (Phi) is 7.70. The summed E-state index contributed by atoms with van der Waals surface area (Å²) in [5, 5.41) is 53.4. The van der Waals surface area contributed by atoms with E-state index in [1.807, 2.05) is 0 Å². The second-order valence-electron chi connectivity index (χ2n) is 6.18. The zero-order chi connectivity index (χ0) is 21.9. The molecule has 29 heavy (non-hydrogen) atoms. The molecule has 164 valence electrons. The van der Waals surface area contributed by atoms with Crippen LogP contribution in [0.2, 0.25) is 0 Å². The van der Waals surface area contributed by atoms with Crippen LogP contribution in [0.4, 0.5) is 0 Å². The van der Waals surface area contributed by atoms with Crippen molar-refractivity contribution in [3.63, 3.8) is 0 Å². The first-order valence-corrected chi connectivity index (χ1v) is 8.24. The second kappa shape index (κ2) is 9.62. The number of aliphatic hydroxyl groups excluding tert-OH is 5. The summed E-state index contributed by atoms with van der Waals surface area (Å²) in [7, 11) is 1.98. The number of nitrogens with zero attached hydrogens (tertiary/aromatic N) is 3. The molecule has 0 saturated carbocycles. The SMILES string of the molecule is COC(=O)[C@H]1O[C@@H](O[C@H]2[C@H](O)[C@@H](O)[C@H](N=[N+]=[N-])O[C@@H]2C(=O)OC)[C@H](O)[C@@H](O)[C@H]1O. The first-order valence-electron chi connectivity index (χ1n) is 8.24. The Morgan fingerprint density at radius 3 is 2.00 bits per heavy atom. The third-order valence-electron chi connectivity index (χ3n) is 4.46. The van der Waals surface area contributed by atoms with Gasteiger partial charge in [0.15, 0.2) is 24.7 Å². The Morgan fingerprint density at radius 2 is 1.45 bits per heavy atom. The number of esters is 2. The van der Waals surface area contributed by atoms with Crippen LogP contribution in [0.15, 0.2) is 5.11 Å². The van der Waals surface area contributed by atoms with Gasteiger partial charge < -0.3 is 49.2 Å².